The summed E-state index contributed by atoms with van der Waals surface area (Å²) in [6.07, 6.45) is 0. The number of hydrogen-bond donors (Lipinski definition) is 2. The zero-order valence-electron chi connectivity index (χ0n) is 7.59. The molecule has 0 unspecified atom stereocenters. The molecule has 0 atom stereocenters. The topological polar surface area (TPSA) is 40.0 Å². The largest absolute Gasteiger partial charge is 1.00 e. The third-order valence-electron chi connectivity index (χ3n) is 1.16. The van der Waals surface area contributed by atoms with Gasteiger partial charge in [0, 0.05) is 0 Å². The molecule has 0 spiro atoms. The van der Waals surface area contributed by atoms with Crippen molar-refractivity contribution in [2.24, 2.45) is 5.73 Å². The van der Waals surface area contributed by atoms with Crippen LogP contribution in [0.5, 0.6) is 0 Å². The Bertz CT molecular complexity index is 223. The molecule has 0 fully saturated rings. The average Bonchev–Trinajstić information content (AvgIpc) is 1.85. The van der Waals surface area contributed by atoms with Crippen LogP contribution in [-0.4, -0.2) is 10.2 Å². The van der Waals surface area contributed by atoms with Crippen LogP contribution in [0.2, 0.25) is 0 Å². The van der Waals surface area contributed by atoms with E-state index >= 15 is 0 Å². The first kappa shape index (κ1) is 15.8. The molecule has 0 saturated heterocycles. The summed E-state index contributed by atoms with van der Waals surface area (Å²) >= 11 is 17.2. The van der Waals surface area contributed by atoms with Gasteiger partial charge in [0.1, 0.15) is 0 Å². The number of alkyl halides is 2. The Kier molecular flexibility index (Phi) is 7.26. The van der Waals surface area contributed by atoms with Crippen molar-refractivity contribution >= 4 is 40.6 Å². The maximum Gasteiger partial charge on any atom is 0.282 e. The quantitative estimate of drug-likeness (QED) is 0.261. The number of nitrogens with one attached hydrogen (secondary N) is 1. The summed E-state index contributed by atoms with van der Waals surface area (Å²) in [5.74, 6) is 0.219. The van der Waals surface area contributed by atoms with Gasteiger partial charge in [-0.15, -0.1) is 0 Å². The molecular weight excluding hydrogens is 254 g/mol. The van der Waals surface area contributed by atoms with Crippen LogP contribution >= 0.6 is 34.8 Å². The van der Waals surface area contributed by atoms with E-state index in [0.29, 0.717) is 5.16 Å². The molecule has 78 valence electrons. The third kappa shape index (κ3) is 6.44. The lowest BCUT2D eigenvalue weighted by Gasteiger charge is -2.06. The van der Waals surface area contributed by atoms with E-state index in [4.69, 9.17) is 40.5 Å². The maximum absolute atomic E-state index is 5.77. The lowest BCUT2D eigenvalue weighted by molar-refractivity contribution is -0.387. The smallest absolute Gasteiger partial charge is 0.282 e. The molecule has 0 aliphatic rings. The van der Waals surface area contributed by atoms with Gasteiger partial charge < -0.3 is 12.4 Å². The molecule has 0 aliphatic heterocycles. The fourth-order valence-corrected chi connectivity index (χ4v) is 0.549. The van der Waals surface area contributed by atoms with Crippen molar-refractivity contribution < 1.29 is 17.4 Å². The summed E-state index contributed by atoms with van der Waals surface area (Å²) in [5.41, 5.74) is 6.43. The Balaban J connectivity index is 0. The minimum Gasteiger partial charge on any atom is -1.00 e. The second kappa shape index (κ2) is 5.97. The fourth-order valence-electron chi connectivity index (χ4n) is 0.353. The van der Waals surface area contributed by atoms with Crippen molar-refractivity contribution in [1.29, 1.82) is 0 Å². The molecule has 0 amide bonds. The summed E-state index contributed by atoms with van der Waals surface area (Å²) < 4.78 is -1.12. The van der Waals surface area contributed by atoms with Crippen molar-refractivity contribution in [3.63, 3.8) is 0 Å². The molecule has 0 radical (unpaired) electrons. The summed E-state index contributed by atoms with van der Waals surface area (Å²) in [5, 5.41) is 0.444. The highest BCUT2D eigenvalue weighted by atomic mass is 35.5. The van der Waals surface area contributed by atoms with Gasteiger partial charge >= 0.3 is 0 Å². The van der Waals surface area contributed by atoms with Crippen LogP contribution in [0.4, 0.5) is 0 Å². The molecule has 0 aliphatic carbocycles. The predicted octanol–water partition coefficient (Wildman–Crippen LogP) is -1.89. The van der Waals surface area contributed by atoms with E-state index in [2.05, 4.69) is 4.99 Å². The predicted molar refractivity (Wildman–Crippen MR) is 54.5 cm³/mol. The van der Waals surface area contributed by atoms with Gasteiger partial charge in [-0.05, 0) is 37.9 Å². The summed E-state index contributed by atoms with van der Waals surface area (Å²) in [6.45, 7) is 5.26. The highest BCUT2D eigenvalue weighted by Gasteiger charge is 2.27. The van der Waals surface area contributed by atoms with E-state index in [1.807, 2.05) is 13.8 Å². The molecule has 6 heteroatoms. The number of allylic oxidation sites excluding steroid dienone is 1. The second-order valence-corrected chi connectivity index (χ2v) is 4.82. The molecule has 13 heavy (non-hydrogen) atoms. The lowest BCUT2D eigenvalue weighted by atomic mass is 10.4. The first-order valence-electron chi connectivity index (χ1n) is 3.36. The van der Waals surface area contributed by atoms with Gasteiger partial charge in [0.15, 0.2) is 5.16 Å². The average molecular weight is 266 g/mol. The standard InChI is InChI=1S/C7H11Cl3N2.ClH/c1-4(2)5(8)12-6(11)7(3,9)10;/h1-3H3,(H2,11,12);1H. The Morgan fingerprint density at radius 1 is 1.31 bits per heavy atom. The van der Waals surface area contributed by atoms with Crippen LogP contribution in [-0.2, 0) is 0 Å². The number of halogens is 4. The van der Waals surface area contributed by atoms with E-state index in [9.17, 15) is 0 Å². The summed E-state index contributed by atoms with van der Waals surface area (Å²) in [7, 11) is 0. The maximum atomic E-state index is 5.77. The van der Waals surface area contributed by atoms with E-state index in [1.165, 1.54) is 0 Å². The zero-order valence-corrected chi connectivity index (χ0v) is 10.6. The number of amidine groups is 1. The summed E-state index contributed by atoms with van der Waals surface area (Å²) in [4.78, 5) is 2.69. The van der Waals surface area contributed by atoms with Crippen LogP contribution in [0.3, 0.4) is 0 Å². The Morgan fingerprint density at radius 2 is 1.69 bits per heavy atom. The van der Waals surface area contributed by atoms with Crippen molar-refractivity contribution in [2.45, 2.75) is 25.1 Å². The van der Waals surface area contributed by atoms with Crippen molar-refractivity contribution in [3.05, 3.63) is 10.7 Å². The van der Waals surface area contributed by atoms with Crippen molar-refractivity contribution in [2.75, 3.05) is 0 Å². The molecule has 0 heterocycles. The second-order valence-electron chi connectivity index (χ2n) is 2.74. The van der Waals surface area contributed by atoms with E-state index < -0.39 is 4.33 Å². The number of nitrogens with two attached hydrogens (primary N) is 1. The van der Waals surface area contributed by atoms with E-state index in [0.717, 1.165) is 5.57 Å². The van der Waals surface area contributed by atoms with Gasteiger partial charge in [-0.2, -0.15) is 0 Å². The monoisotopic (exact) mass is 264 g/mol. The highest BCUT2D eigenvalue weighted by molar-refractivity contribution is 6.57. The third-order valence-corrected chi connectivity index (χ3v) is 2.04. The zero-order chi connectivity index (χ0) is 9.94. The minimum absolute atomic E-state index is 0. The van der Waals surface area contributed by atoms with Crippen LogP contribution in [0.15, 0.2) is 10.7 Å². The Hall–Kier alpha value is 0.370. The van der Waals surface area contributed by atoms with Crippen LogP contribution < -0.4 is 23.1 Å². The number of rotatable bonds is 2. The van der Waals surface area contributed by atoms with Crippen LogP contribution in [0.25, 0.3) is 0 Å². The molecule has 0 rings (SSSR count). The van der Waals surface area contributed by atoms with Gasteiger partial charge in [-0.1, -0.05) is 23.2 Å². The molecule has 0 saturated carbocycles. The molecule has 2 nitrogen and oxygen atoms in total. The minimum atomic E-state index is -1.12. The molecule has 3 N–H and O–H groups in total. The first-order valence-corrected chi connectivity index (χ1v) is 4.49. The highest BCUT2D eigenvalue weighted by Crippen LogP contribution is 2.17. The van der Waals surface area contributed by atoms with Gasteiger partial charge in [0.05, 0.1) is 0 Å². The normalized spacial score (nSPS) is 12.0. The molecule has 0 aromatic rings. The Labute approximate surface area is 99.5 Å². The van der Waals surface area contributed by atoms with Crippen LogP contribution in [0, 0.1) is 0 Å². The molecular formula is C7H12Cl4N2. The van der Waals surface area contributed by atoms with Gasteiger partial charge in [0.25, 0.3) is 5.84 Å². The summed E-state index contributed by atoms with van der Waals surface area (Å²) in [6, 6.07) is 0. The SMILES string of the molecule is CC(C)=C(Cl)/[NH+]=C(/N)C(C)(Cl)Cl.[Cl-]. The van der Waals surface area contributed by atoms with E-state index in [1.54, 1.807) is 6.92 Å². The van der Waals surface area contributed by atoms with Gasteiger partial charge in [-0.25, -0.2) is 4.99 Å². The molecule has 0 aromatic heterocycles. The molecule has 0 aromatic carbocycles. The van der Waals surface area contributed by atoms with Crippen LogP contribution in [0.1, 0.15) is 20.8 Å². The van der Waals surface area contributed by atoms with E-state index in [-0.39, 0.29) is 18.2 Å². The fraction of sp³-hybridized carbons (Fsp3) is 0.571. The van der Waals surface area contributed by atoms with Crippen molar-refractivity contribution in [3.8, 4) is 0 Å². The first-order chi connectivity index (χ1) is 5.25. The lowest BCUT2D eigenvalue weighted by Crippen LogP contribution is -3.00. The van der Waals surface area contributed by atoms with Crippen molar-refractivity contribution in [1.82, 2.24) is 0 Å². The number of hydrogen-bond acceptors (Lipinski definition) is 0. The van der Waals surface area contributed by atoms with Gasteiger partial charge in [0.2, 0.25) is 4.33 Å². The van der Waals surface area contributed by atoms with Gasteiger partial charge in [-0.3, -0.25) is 5.73 Å². The molecule has 0 bridgehead atoms. The Morgan fingerprint density at radius 3 is 1.92 bits per heavy atom.